The highest BCUT2D eigenvalue weighted by Gasteiger charge is 2.22. The van der Waals surface area contributed by atoms with Crippen molar-refractivity contribution in [3.8, 4) is 22.6 Å². The maximum absolute atomic E-state index is 11.7. The fraction of sp³-hybridized carbons (Fsp3) is 0.500. The molecule has 1 aliphatic heterocycles. The molecule has 3 rings (SSSR count). The summed E-state index contributed by atoms with van der Waals surface area (Å²) in [4.78, 5) is 22.9. The van der Waals surface area contributed by atoms with Gasteiger partial charge in [0.1, 0.15) is 24.7 Å². The summed E-state index contributed by atoms with van der Waals surface area (Å²) in [5, 5.41) is 0. The maximum Gasteiger partial charge on any atom is 0.508 e. The summed E-state index contributed by atoms with van der Waals surface area (Å²) in [6.07, 6.45) is 8.12. The van der Waals surface area contributed by atoms with E-state index in [4.69, 9.17) is 23.7 Å². The number of hydrogen-bond donors (Lipinski definition) is 0. The van der Waals surface area contributed by atoms with Crippen LogP contribution in [0.3, 0.4) is 0 Å². The van der Waals surface area contributed by atoms with Gasteiger partial charge in [-0.15, -0.1) is 0 Å². The van der Waals surface area contributed by atoms with Crippen molar-refractivity contribution < 1.29 is 33.3 Å². The number of cyclic esters (lactones) is 2. The number of unbranched alkanes of at least 4 members (excludes halogenated alkanes) is 5. The molecule has 7 heteroatoms. The predicted octanol–water partition coefficient (Wildman–Crippen LogP) is 7.31. The van der Waals surface area contributed by atoms with E-state index >= 15 is 0 Å². The first-order valence-corrected chi connectivity index (χ1v) is 14.1. The lowest BCUT2D eigenvalue weighted by Crippen LogP contribution is -2.31. The highest BCUT2D eigenvalue weighted by molar-refractivity contribution is 5.86. The number of hydrogen-bond acceptors (Lipinski definition) is 7. The Morgan fingerprint density at radius 3 is 2.31 bits per heavy atom. The first-order chi connectivity index (χ1) is 19.0. The zero-order chi connectivity index (χ0) is 27.9. The third-order valence-corrected chi connectivity index (χ3v) is 6.54. The highest BCUT2D eigenvalue weighted by atomic mass is 16.7. The van der Waals surface area contributed by atoms with E-state index in [1.807, 2.05) is 24.3 Å². The van der Waals surface area contributed by atoms with Crippen LogP contribution in [0.5, 0.6) is 11.5 Å². The molecule has 0 saturated carbocycles. The van der Waals surface area contributed by atoms with Crippen LogP contribution in [0.1, 0.15) is 64.4 Å². The zero-order valence-corrected chi connectivity index (χ0v) is 23.4. The molecule has 0 aromatic heterocycles. The fourth-order valence-electron chi connectivity index (χ4n) is 4.23. The summed E-state index contributed by atoms with van der Waals surface area (Å²) < 4.78 is 27.2. The number of esters is 1. The summed E-state index contributed by atoms with van der Waals surface area (Å²) in [6.45, 7) is 9.44. The summed E-state index contributed by atoms with van der Waals surface area (Å²) in [5.74, 6) is 1.21. The van der Waals surface area contributed by atoms with Crippen molar-refractivity contribution in [1.82, 2.24) is 0 Å². The molecule has 39 heavy (non-hydrogen) atoms. The van der Waals surface area contributed by atoms with Gasteiger partial charge in [-0.2, -0.15) is 0 Å². The van der Waals surface area contributed by atoms with Crippen LogP contribution in [0.25, 0.3) is 11.1 Å². The monoisotopic (exact) mass is 538 g/mol. The van der Waals surface area contributed by atoms with Gasteiger partial charge in [-0.05, 0) is 67.1 Å². The minimum atomic E-state index is -0.639. The van der Waals surface area contributed by atoms with Crippen LogP contribution >= 0.6 is 0 Å². The van der Waals surface area contributed by atoms with Crippen molar-refractivity contribution in [3.63, 3.8) is 0 Å². The molecule has 0 bridgehead atoms. The molecule has 0 N–H and O–H groups in total. The summed E-state index contributed by atoms with van der Waals surface area (Å²) in [7, 11) is 0. The molecule has 1 fully saturated rings. The number of ether oxygens (including phenoxy) is 5. The van der Waals surface area contributed by atoms with Crippen LogP contribution in [0, 0.1) is 5.92 Å². The lowest BCUT2D eigenvalue weighted by Gasteiger charge is -2.22. The molecule has 1 aliphatic rings. The van der Waals surface area contributed by atoms with Gasteiger partial charge < -0.3 is 23.7 Å². The van der Waals surface area contributed by atoms with E-state index in [9.17, 15) is 9.59 Å². The van der Waals surface area contributed by atoms with Crippen LogP contribution in [0.15, 0.2) is 54.6 Å². The first-order valence-electron chi connectivity index (χ1n) is 14.1. The molecule has 7 nitrogen and oxygen atoms in total. The SMILES string of the molecule is C=C(C)C(=O)OCCCc1cc(-c2ccc(OCCCCCCCC)cc2)ccc1OCC1COC(=O)OC1. The maximum atomic E-state index is 11.7. The molecular formula is C32H42O7. The number of rotatable bonds is 17. The molecule has 0 amide bonds. The Balaban J connectivity index is 1.59. The number of benzene rings is 2. The van der Waals surface area contributed by atoms with Crippen LogP contribution in [-0.2, 0) is 25.4 Å². The van der Waals surface area contributed by atoms with Gasteiger partial charge in [-0.3, -0.25) is 0 Å². The number of aryl methyl sites for hydroxylation is 1. The third-order valence-electron chi connectivity index (χ3n) is 6.54. The normalized spacial score (nSPS) is 13.3. The van der Waals surface area contributed by atoms with E-state index in [2.05, 4.69) is 31.7 Å². The zero-order valence-electron chi connectivity index (χ0n) is 23.4. The number of carbonyl (C=O) groups excluding carboxylic acids is 2. The van der Waals surface area contributed by atoms with Gasteiger partial charge in [0.25, 0.3) is 0 Å². The van der Waals surface area contributed by atoms with Crippen LogP contribution in [0.4, 0.5) is 4.79 Å². The van der Waals surface area contributed by atoms with E-state index in [0.29, 0.717) is 31.6 Å². The van der Waals surface area contributed by atoms with Crippen molar-refractivity contribution in [2.24, 2.45) is 5.92 Å². The topological polar surface area (TPSA) is 80.3 Å². The average molecular weight is 539 g/mol. The lowest BCUT2D eigenvalue weighted by molar-refractivity contribution is -0.139. The third kappa shape index (κ3) is 10.7. The molecular weight excluding hydrogens is 496 g/mol. The van der Waals surface area contributed by atoms with E-state index in [1.165, 1.54) is 32.1 Å². The van der Waals surface area contributed by atoms with Crippen LogP contribution in [-0.4, -0.2) is 45.2 Å². The van der Waals surface area contributed by atoms with E-state index < -0.39 is 6.16 Å². The van der Waals surface area contributed by atoms with Crippen molar-refractivity contribution in [2.75, 3.05) is 33.0 Å². The largest absolute Gasteiger partial charge is 0.508 e. The number of carbonyl (C=O) groups is 2. The minimum Gasteiger partial charge on any atom is -0.494 e. The Bertz CT molecular complexity index is 1050. The first kappa shape index (κ1) is 30.1. The molecule has 212 valence electrons. The van der Waals surface area contributed by atoms with Gasteiger partial charge in [-0.25, -0.2) is 9.59 Å². The molecule has 0 radical (unpaired) electrons. The second-order valence-electron chi connectivity index (χ2n) is 10.0. The van der Waals surface area contributed by atoms with Gasteiger partial charge in [0, 0.05) is 5.57 Å². The molecule has 0 spiro atoms. The molecule has 0 unspecified atom stereocenters. The Hall–Kier alpha value is -3.48. The van der Waals surface area contributed by atoms with Gasteiger partial charge in [0.15, 0.2) is 0 Å². The van der Waals surface area contributed by atoms with Crippen LogP contribution in [0.2, 0.25) is 0 Å². The Morgan fingerprint density at radius 1 is 0.897 bits per heavy atom. The Labute approximate surface area is 232 Å². The lowest BCUT2D eigenvalue weighted by atomic mass is 10.00. The summed E-state index contributed by atoms with van der Waals surface area (Å²) >= 11 is 0. The second kappa shape index (κ2) is 16.5. The molecule has 2 aromatic carbocycles. The highest BCUT2D eigenvalue weighted by Crippen LogP contribution is 2.30. The van der Waals surface area contributed by atoms with Crippen molar-refractivity contribution in [2.45, 2.75) is 65.2 Å². The quantitative estimate of drug-likeness (QED) is 0.119. The van der Waals surface area contributed by atoms with E-state index in [0.717, 1.165) is 41.2 Å². The van der Waals surface area contributed by atoms with Gasteiger partial charge in [-0.1, -0.05) is 63.8 Å². The molecule has 1 saturated heterocycles. The fourth-order valence-corrected chi connectivity index (χ4v) is 4.23. The van der Waals surface area contributed by atoms with Crippen molar-refractivity contribution in [1.29, 1.82) is 0 Å². The van der Waals surface area contributed by atoms with E-state index in [1.54, 1.807) is 6.92 Å². The average Bonchev–Trinajstić information content (AvgIpc) is 2.95. The van der Waals surface area contributed by atoms with Crippen LogP contribution < -0.4 is 9.47 Å². The predicted molar refractivity (Wildman–Crippen MR) is 151 cm³/mol. The second-order valence-corrected chi connectivity index (χ2v) is 10.0. The van der Waals surface area contributed by atoms with Crippen molar-refractivity contribution >= 4 is 12.1 Å². The summed E-state index contributed by atoms with van der Waals surface area (Å²) in [5.41, 5.74) is 3.54. The van der Waals surface area contributed by atoms with Gasteiger partial charge >= 0.3 is 12.1 Å². The smallest absolute Gasteiger partial charge is 0.494 e. The standard InChI is InChI=1S/C32H42O7/c1-4-5-6-7-8-9-18-35-29-15-12-26(13-16-29)27-14-17-30(37-21-25-22-38-32(34)39-23-25)28(20-27)11-10-19-36-31(33)24(2)3/h12-17,20,25H,2,4-11,18-19,21-23H2,1,3H3. The molecule has 2 aromatic rings. The van der Waals surface area contributed by atoms with Crippen molar-refractivity contribution in [3.05, 3.63) is 60.2 Å². The molecule has 0 aliphatic carbocycles. The Kier molecular flexibility index (Phi) is 12.7. The molecule has 0 atom stereocenters. The minimum absolute atomic E-state index is 0.0318. The van der Waals surface area contributed by atoms with Gasteiger partial charge in [0.05, 0.1) is 25.7 Å². The van der Waals surface area contributed by atoms with E-state index in [-0.39, 0.29) is 25.1 Å². The van der Waals surface area contributed by atoms with Gasteiger partial charge in [0.2, 0.25) is 0 Å². The summed E-state index contributed by atoms with van der Waals surface area (Å²) in [6, 6.07) is 14.3. The Morgan fingerprint density at radius 2 is 1.59 bits per heavy atom. The molecule has 1 heterocycles.